The minimum Gasteiger partial charge on any atom is -0.354 e. The topological polar surface area (TPSA) is 72.7 Å². The van der Waals surface area contributed by atoms with Crippen molar-refractivity contribution in [2.75, 3.05) is 6.54 Å². The molecule has 0 saturated heterocycles. The molecule has 0 unspecified atom stereocenters. The molecule has 0 aliphatic carbocycles. The standard InChI is InChI=1S/C14H18FN5O/c1-2-3-4-8-16-13(21)10-20-18-14(17-19-20)11-6-5-7-12(15)9-11/h5-7,9H,2-4,8,10H2,1H3,(H,16,21). The molecule has 1 aromatic heterocycles. The van der Waals surface area contributed by atoms with Crippen LogP contribution < -0.4 is 5.32 Å². The fourth-order valence-corrected chi connectivity index (χ4v) is 1.84. The van der Waals surface area contributed by atoms with Gasteiger partial charge in [0.25, 0.3) is 0 Å². The zero-order chi connectivity index (χ0) is 15.1. The smallest absolute Gasteiger partial charge is 0.243 e. The first-order chi connectivity index (χ1) is 10.2. The molecule has 1 amide bonds. The van der Waals surface area contributed by atoms with Crippen molar-refractivity contribution in [2.24, 2.45) is 0 Å². The average molecular weight is 291 g/mol. The maximum atomic E-state index is 13.1. The van der Waals surface area contributed by atoms with Crippen LogP contribution in [0.1, 0.15) is 26.2 Å². The molecular weight excluding hydrogens is 273 g/mol. The second-order valence-electron chi connectivity index (χ2n) is 4.71. The molecule has 7 heteroatoms. The highest BCUT2D eigenvalue weighted by Gasteiger charge is 2.09. The molecule has 6 nitrogen and oxygen atoms in total. The van der Waals surface area contributed by atoms with E-state index in [0.717, 1.165) is 19.3 Å². The van der Waals surface area contributed by atoms with E-state index < -0.39 is 0 Å². The normalized spacial score (nSPS) is 10.6. The second kappa shape index (κ2) is 7.47. The van der Waals surface area contributed by atoms with E-state index in [2.05, 4.69) is 27.7 Å². The number of carbonyl (C=O) groups is 1. The highest BCUT2D eigenvalue weighted by molar-refractivity contribution is 5.75. The number of nitrogens with zero attached hydrogens (tertiary/aromatic N) is 4. The first kappa shape index (κ1) is 15.1. The van der Waals surface area contributed by atoms with E-state index in [-0.39, 0.29) is 18.3 Å². The first-order valence-electron chi connectivity index (χ1n) is 6.99. The summed E-state index contributed by atoms with van der Waals surface area (Å²) in [5.74, 6) is -0.222. The van der Waals surface area contributed by atoms with Crippen molar-refractivity contribution < 1.29 is 9.18 Å². The molecule has 1 heterocycles. The molecule has 1 N–H and O–H groups in total. The Balaban J connectivity index is 1.90. The lowest BCUT2D eigenvalue weighted by Crippen LogP contribution is -2.29. The van der Waals surface area contributed by atoms with E-state index in [4.69, 9.17) is 0 Å². The highest BCUT2D eigenvalue weighted by atomic mass is 19.1. The fourth-order valence-electron chi connectivity index (χ4n) is 1.84. The molecule has 2 rings (SSSR count). The van der Waals surface area contributed by atoms with E-state index in [0.29, 0.717) is 17.9 Å². The third-order valence-corrected chi connectivity index (χ3v) is 2.92. The lowest BCUT2D eigenvalue weighted by atomic mass is 10.2. The summed E-state index contributed by atoms with van der Waals surface area (Å²) in [6.45, 7) is 2.77. The third-order valence-electron chi connectivity index (χ3n) is 2.92. The zero-order valence-corrected chi connectivity index (χ0v) is 11.9. The Bertz CT molecular complexity index is 599. The molecular formula is C14H18FN5O. The molecule has 0 aliphatic rings. The minimum absolute atomic E-state index is 0.00837. The van der Waals surface area contributed by atoms with Gasteiger partial charge >= 0.3 is 0 Å². The molecule has 0 spiro atoms. The molecule has 1 aromatic carbocycles. The van der Waals surface area contributed by atoms with Gasteiger partial charge in [0.2, 0.25) is 11.7 Å². The van der Waals surface area contributed by atoms with Crippen LogP contribution in [0.5, 0.6) is 0 Å². The highest BCUT2D eigenvalue weighted by Crippen LogP contribution is 2.14. The lowest BCUT2D eigenvalue weighted by Gasteiger charge is -2.03. The largest absolute Gasteiger partial charge is 0.354 e. The van der Waals surface area contributed by atoms with Crippen LogP contribution in [0.4, 0.5) is 4.39 Å². The fraction of sp³-hybridized carbons (Fsp3) is 0.429. The second-order valence-corrected chi connectivity index (χ2v) is 4.71. The molecule has 0 atom stereocenters. The SMILES string of the molecule is CCCCCNC(=O)Cn1nnc(-c2cccc(F)c2)n1. The van der Waals surface area contributed by atoms with Gasteiger partial charge in [-0.05, 0) is 23.8 Å². The first-order valence-corrected chi connectivity index (χ1v) is 6.99. The summed E-state index contributed by atoms with van der Waals surface area (Å²) >= 11 is 0. The van der Waals surface area contributed by atoms with Crippen LogP contribution in [-0.2, 0) is 11.3 Å². The Hall–Kier alpha value is -2.31. The monoisotopic (exact) mass is 291 g/mol. The minimum atomic E-state index is -0.363. The number of amides is 1. The van der Waals surface area contributed by atoms with Crippen molar-refractivity contribution in [3.8, 4) is 11.4 Å². The number of nitrogens with one attached hydrogen (secondary N) is 1. The van der Waals surface area contributed by atoms with Gasteiger partial charge < -0.3 is 5.32 Å². The molecule has 0 radical (unpaired) electrons. The van der Waals surface area contributed by atoms with E-state index in [1.54, 1.807) is 12.1 Å². The molecule has 0 fully saturated rings. The quantitative estimate of drug-likeness (QED) is 0.789. The van der Waals surface area contributed by atoms with Crippen LogP contribution in [-0.4, -0.2) is 32.7 Å². The van der Waals surface area contributed by atoms with Crippen LogP contribution in [0.15, 0.2) is 24.3 Å². The molecule has 21 heavy (non-hydrogen) atoms. The van der Waals surface area contributed by atoms with Crippen LogP contribution in [0.3, 0.4) is 0 Å². The van der Waals surface area contributed by atoms with Crippen molar-refractivity contribution in [2.45, 2.75) is 32.7 Å². The van der Waals surface area contributed by atoms with Crippen LogP contribution in [0.25, 0.3) is 11.4 Å². The van der Waals surface area contributed by atoms with Crippen molar-refractivity contribution >= 4 is 5.91 Å². The molecule has 0 saturated carbocycles. The van der Waals surface area contributed by atoms with Gasteiger partial charge in [0, 0.05) is 12.1 Å². The summed E-state index contributed by atoms with van der Waals surface area (Å²) in [6.07, 6.45) is 3.16. The van der Waals surface area contributed by atoms with Gasteiger partial charge in [0.15, 0.2) is 0 Å². The maximum Gasteiger partial charge on any atom is 0.243 e. The predicted octanol–water partition coefficient (Wildman–Crippen LogP) is 1.79. The number of rotatable bonds is 7. The van der Waals surface area contributed by atoms with Gasteiger partial charge in [-0.15, -0.1) is 10.2 Å². The zero-order valence-electron chi connectivity index (χ0n) is 11.9. The van der Waals surface area contributed by atoms with Crippen molar-refractivity contribution in [1.29, 1.82) is 0 Å². The van der Waals surface area contributed by atoms with Gasteiger partial charge in [0.05, 0.1) is 0 Å². The summed E-state index contributed by atoms with van der Waals surface area (Å²) in [7, 11) is 0. The molecule has 112 valence electrons. The van der Waals surface area contributed by atoms with E-state index in [1.165, 1.54) is 16.9 Å². The van der Waals surface area contributed by atoms with Gasteiger partial charge in [-0.1, -0.05) is 31.9 Å². The Morgan fingerprint density at radius 3 is 3.00 bits per heavy atom. The summed E-state index contributed by atoms with van der Waals surface area (Å²) in [5, 5.41) is 14.5. The number of aromatic nitrogens is 4. The van der Waals surface area contributed by atoms with Crippen LogP contribution in [0, 0.1) is 5.82 Å². The van der Waals surface area contributed by atoms with Crippen LogP contribution >= 0.6 is 0 Å². The Morgan fingerprint density at radius 1 is 1.38 bits per heavy atom. The third kappa shape index (κ3) is 4.62. The van der Waals surface area contributed by atoms with Crippen molar-refractivity contribution in [3.05, 3.63) is 30.1 Å². The Labute approximate surface area is 122 Å². The van der Waals surface area contributed by atoms with Crippen molar-refractivity contribution in [3.63, 3.8) is 0 Å². The molecule has 0 aliphatic heterocycles. The lowest BCUT2D eigenvalue weighted by molar-refractivity contribution is -0.122. The Morgan fingerprint density at radius 2 is 2.24 bits per heavy atom. The van der Waals surface area contributed by atoms with Gasteiger partial charge in [-0.2, -0.15) is 4.80 Å². The number of hydrogen-bond acceptors (Lipinski definition) is 4. The van der Waals surface area contributed by atoms with Gasteiger partial charge in [-0.3, -0.25) is 4.79 Å². The number of unbranched alkanes of at least 4 members (excludes halogenated alkanes) is 2. The Kier molecular flexibility index (Phi) is 5.36. The van der Waals surface area contributed by atoms with E-state index in [9.17, 15) is 9.18 Å². The maximum absolute atomic E-state index is 13.1. The molecule has 0 bridgehead atoms. The number of halogens is 1. The van der Waals surface area contributed by atoms with Gasteiger partial charge in [0.1, 0.15) is 12.4 Å². The average Bonchev–Trinajstić information content (AvgIpc) is 2.92. The van der Waals surface area contributed by atoms with Crippen molar-refractivity contribution in [1.82, 2.24) is 25.5 Å². The summed E-state index contributed by atoms with van der Waals surface area (Å²) in [5.41, 5.74) is 0.532. The number of tetrazole rings is 1. The summed E-state index contributed by atoms with van der Waals surface area (Å²) in [6, 6.07) is 5.94. The predicted molar refractivity (Wildman–Crippen MR) is 75.7 cm³/mol. The van der Waals surface area contributed by atoms with Gasteiger partial charge in [-0.25, -0.2) is 4.39 Å². The van der Waals surface area contributed by atoms with E-state index >= 15 is 0 Å². The number of hydrogen-bond donors (Lipinski definition) is 1. The number of carbonyl (C=O) groups excluding carboxylic acids is 1. The number of benzene rings is 1. The summed E-state index contributed by atoms with van der Waals surface area (Å²) < 4.78 is 13.1. The summed E-state index contributed by atoms with van der Waals surface area (Å²) in [4.78, 5) is 12.9. The van der Waals surface area contributed by atoms with E-state index in [1.807, 2.05) is 0 Å². The molecule has 2 aromatic rings. The van der Waals surface area contributed by atoms with Crippen LogP contribution in [0.2, 0.25) is 0 Å².